The largest absolute Gasteiger partial charge is 0.494 e. The number of halogens is 1. The Morgan fingerprint density at radius 2 is 1.41 bits per heavy atom. The van der Waals surface area contributed by atoms with E-state index < -0.39 is 29.8 Å². The van der Waals surface area contributed by atoms with Gasteiger partial charge in [0.1, 0.15) is 29.4 Å². The molecular weight excluding hydrogens is 633 g/mol. The fourth-order valence-corrected chi connectivity index (χ4v) is 4.97. The number of likely N-dealkylation sites (tertiary alicyclic amines) is 1. The lowest BCUT2D eigenvalue weighted by molar-refractivity contribution is -0.147. The summed E-state index contributed by atoms with van der Waals surface area (Å²) in [6, 6.07) is 9.80. The van der Waals surface area contributed by atoms with Crippen molar-refractivity contribution in [3.63, 3.8) is 0 Å². The first-order chi connectivity index (χ1) is 23.4. The number of hydrogen-bond donors (Lipinski definition) is 4. The molecule has 49 heavy (non-hydrogen) atoms. The molecule has 0 saturated carbocycles. The van der Waals surface area contributed by atoms with Crippen molar-refractivity contribution in [3.05, 3.63) is 59.4 Å². The van der Waals surface area contributed by atoms with Crippen LogP contribution in [0.5, 0.6) is 11.5 Å². The first-order valence-electron chi connectivity index (χ1n) is 16.9. The van der Waals surface area contributed by atoms with Crippen LogP contribution in [0.25, 0.3) is 0 Å². The van der Waals surface area contributed by atoms with Crippen LogP contribution in [-0.4, -0.2) is 73.4 Å². The Labute approximate surface area is 288 Å². The van der Waals surface area contributed by atoms with Crippen LogP contribution in [0.2, 0.25) is 0 Å². The van der Waals surface area contributed by atoms with E-state index in [9.17, 15) is 14.0 Å². The average molecular weight is 686 g/mol. The van der Waals surface area contributed by atoms with Gasteiger partial charge in [-0.25, -0.2) is 14.0 Å². The molecule has 1 saturated heterocycles. The van der Waals surface area contributed by atoms with Gasteiger partial charge >= 0.3 is 11.9 Å². The zero-order chi connectivity index (χ0) is 35.9. The molecule has 0 bridgehead atoms. The minimum Gasteiger partial charge on any atom is -0.494 e. The van der Waals surface area contributed by atoms with Gasteiger partial charge in [-0.2, -0.15) is 0 Å². The summed E-state index contributed by atoms with van der Waals surface area (Å²) in [7, 11) is 0. The van der Waals surface area contributed by atoms with Crippen molar-refractivity contribution in [1.82, 2.24) is 4.90 Å². The van der Waals surface area contributed by atoms with Crippen LogP contribution in [-0.2, 0) is 19.3 Å². The minimum atomic E-state index is -0.840. The second kappa shape index (κ2) is 19.7. The molecule has 1 heterocycles. The highest BCUT2D eigenvalue weighted by Crippen LogP contribution is 2.22. The average Bonchev–Trinajstić information content (AvgIpc) is 3.12. The van der Waals surface area contributed by atoms with Gasteiger partial charge in [-0.3, -0.25) is 0 Å². The van der Waals surface area contributed by atoms with Gasteiger partial charge in [-0.15, -0.1) is 0 Å². The van der Waals surface area contributed by atoms with Crippen LogP contribution in [0.15, 0.2) is 52.8 Å². The van der Waals surface area contributed by atoms with Gasteiger partial charge in [0.05, 0.1) is 18.8 Å². The second-order valence-corrected chi connectivity index (χ2v) is 12.6. The summed E-state index contributed by atoms with van der Waals surface area (Å²) >= 11 is 0. The molecule has 3 rings (SSSR count). The molecule has 1 aliphatic heterocycles. The van der Waals surface area contributed by atoms with E-state index in [2.05, 4.69) is 15.2 Å². The number of amidine groups is 2. The quantitative estimate of drug-likeness (QED) is 0.0588. The van der Waals surface area contributed by atoms with Gasteiger partial charge in [0.25, 0.3) is 0 Å². The van der Waals surface area contributed by atoms with Crippen molar-refractivity contribution in [1.29, 1.82) is 0 Å². The number of oxime groups is 2. The maximum Gasteiger partial charge on any atom is 0.351 e. The zero-order valence-corrected chi connectivity index (χ0v) is 29.0. The van der Waals surface area contributed by atoms with E-state index >= 15 is 0 Å². The Kier molecular flexibility index (Phi) is 15.7. The number of nitrogens with two attached hydrogens (primary N) is 4. The van der Waals surface area contributed by atoms with Gasteiger partial charge < -0.3 is 47.0 Å². The zero-order valence-electron chi connectivity index (χ0n) is 29.0. The van der Waals surface area contributed by atoms with Gasteiger partial charge in [0.15, 0.2) is 11.7 Å². The Bertz CT molecular complexity index is 1420. The molecule has 1 fully saturated rings. The summed E-state index contributed by atoms with van der Waals surface area (Å²) in [6.07, 6.45) is 4.25. The van der Waals surface area contributed by atoms with Crippen LogP contribution in [0.3, 0.4) is 0 Å². The van der Waals surface area contributed by atoms with E-state index in [1.165, 1.54) is 12.1 Å². The summed E-state index contributed by atoms with van der Waals surface area (Å²) in [6.45, 7) is 11.4. The number of benzene rings is 2. The van der Waals surface area contributed by atoms with E-state index in [0.29, 0.717) is 42.6 Å². The van der Waals surface area contributed by atoms with Gasteiger partial charge in [-0.05, 0) is 86.5 Å². The van der Waals surface area contributed by atoms with Crippen molar-refractivity contribution < 1.29 is 33.1 Å². The lowest BCUT2D eigenvalue weighted by atomic mass is 9.97. The third-order valence-corrected chi connectivity index (χ3v) is 8.97. The maximum atomic E-state index is 14.7. The molecular formula is C35H52FN7O6. The Hall–Kier alpha value is -4.27. The summed E-state index contributed by atoms with van der Waals surface area (Å²) < 4.78 is 26.5. The molecule has 0 amide bonds. The number of carbonyl (C=O) groups excluding carboxylic acids is 2. The predicted octanol–water partition coefficient (Wildman–Crippen LogP) is 3.46. The first-order valence-corrected chi connectivity index (χ1v) is 16.9. The van der Waals surface area contributed by atoms with Crippen LogP contribution in [0, 0.1) is 23.6 Å². The number of hydrogen-bond acceptors (Lipinski definition) is 11. The predicted molar refractivity (Wildman–Crippen MR) is 186 cm³/mol. The van der Waals surface area contributed by atoms with E-state index in [1.807, 2.05) is 27.7 Å². The highest BCUT2D eigenvalue weighted by molar-refractivity contribution is 5.98. The molecule has 8 N–H and O–H groups in total. The molecule has 0 spiro atoms. The van der Waals surface area contributed by atoms with Crippen LogP contribution in [0.1, 0.15) is 70.9 Å². The number of ether oxygens (including phenoxy) is 2. The fraction of sp³-hybridized carbons (Fsp3) is 0.543. The van der Waals surface area contributed by atoms with Crippen molar-refractivity contribution in [3.8, 4) is 11.5 Å². The summed E-state index contributed by atoms with van der Waals surface area (Å²) in [5.74, 6) is -0.829. The molecule has 0 aliphatic carbocycles. The standard InChI is InChI=1S/C35H52FN7O6/c1-5-22(3)30(37)34(44)48-41-32(39)25-8-10-26(11-9-25)46-19-7-16-43-17-14-24(15-18-43)21-47-27-12-13-28(29(36)20-27)33(40)42-49-35(45)31(38)23(4)6-2/h8-13,20,22-24,30-31H,5-7,14-19,21,37-38H2,1-4H3,(H2,39,41)(H2,40,42)/t22-,23-,30-,31-/m0/s1. The molecule has 13 nitrogen and oxygen atoms in total. The number of nitrogens with zero attached hydrogens (tertiary/aromatic N) is 3. The summed E-state index contributed by atoms with van der Waals surface area (Å²) in [4.78, 5) is 36.2. The Morgan fingerprint density at radius 3 is 1.96 bits per heavy atom. The van der Waals surface area contributed by atoms with Crippen LogP contribution < -0.4 is 32.4 Å². The molecule has 0 aromatic heterocycles. The van der Waals surface area contributed by atoms with Crippen molar-refractivity contribution in [2.75, 3.05) is 32.8 Å². The molecule has 2 aromatic rings. The van der Waals surface area contributed by atoms with Gasteiger partial charge in [0, 0.05) is 18.2 Å². The number of carbonyl (C=O) groups is 2. The van der Waals surface area contributed by atoms with E-state index in [4.69, 9.17) is 42.1 Å². The monoisotopic (exact) mass is 685 g/mol. The molecule has 14 heteroatoms. The molecule has 270 valence electrons. The van der Waals surface area contributed by atoms with Crippen molar-refractivity contribution in [2.45, 2.75) is 71.9 Å². The highest BCUT2D eigenvalue weighted by Gasteiger charge is 2.23. The third kappa shape index (κ3) is 12.3. The van der Waals surface area contributed by atoms with E-state index in [-0.39, 0.29) is 29.1 Å². The first kappa shape index (κ1) is 39.2. The summed E-state index contributed by atoms with van der Waals surface area (Å²) in [5.41, 5.74) is 24.1. The molecule has 2 aromatic carbocycles. The number of piperidine rings is 1. The lowest BCUT2D eigenvalue weighted by Gasteiger charge is -2.31. The number of rotatable bonds is 18. The van der Waals surface area contributed by atoms with E-state index in [0.717, 1.165) is 45.3 Å². The smallest absolute Gasteiger partial charge is 0.351 e. The Balaban J connectivity index is 1.33. The maximum absolute atomic E-state index is 14.7. The van der Waals surface area contributed by atoms with Crippen molar-refractivity contribution >= 4 is 23.6 Å². The Morgan fingerprint density at radius 1 is 0.857 bits per heavy atom. The minimum absolute atomic E-state index is 0.00348. The molecule has 4 atom stereocenters. The summed E-state index contributed by atoms with van der Waals surface area (Å²) in [5, 5.41) is 7.29. The highest BCUT2D eigenvalue weighted by atomic mass is 19.1. The molecule has 0 unspecified atom stereocenters. The lowest BCUT2D eigenvalue weighted by Crippen LogP contribution is -2.37. The normalized spacial score (nSPS) is 17.1. The van der Waals surface area contributed by atoms with Crippen LogP contribution >= 0.6 is 0 Å². The van der Waals surface area contributed by atoms with Gasteiger partial charge in [-0.1, -0.05) is 50.8 Å². The van der Waals surface area contributed by atoms with Crippen molar-refractivity contribution in [2.24, 2.45) is 51.0 Å². The van der Waals surface area contributed by atoms with Crippen LogP contribution in [0.4, 0.5) is 4.39 Å². The second-order valence-electron chi connectivity index (χ2n) is 12.6. The fourth-order valence-electron chi connectivity index (χ4n) is 4.97. The SMILES string of the molecule is CC[C@H](C)[C@H](N)C(=O)ON=C(N)c1ccc(OCCCN2CCC(COc3ccc(C(N)=NOC(=O)[C@@H](N)[C@@H](C)CC)c(F)c3)CC2)cc1. The molecule has 1 aliphatic rings. The third-order valence-electron chi connectivity index (χ3n) is 8.97. The topological polar surface area (TPSA) is 203 Å². The van der Waals surface area contributed by atoms with Gasteiger partial charge in [0.2, 0.25) is 0 Å². The van der Waals surface area contributed by atoms with E-state index in [1.54, 1.807) is 30.3 Å². The molecule has 0 radical (unpaired) electrons.